The Labute approximate surface area is 115 Å². The molecule has 1 aromatic carbocycles. The lowest BCUT2D eigenvalue weighted by atomic mass is 10.1. The molecule has 4 nitrogen and oxygen atoms in total. The molecule has 0 spiro atoms. The summed E-state index contributed by atoms with van der Waals surface area (Å²) in [5.74, 6) is -0.877. The van der Waals surface area contributed by atoms with Crippen molar-refractivity contribution in [2.24, 2.45) is 0 Å². The number of nitrogens with one attached hydrogen (secondary N) is 1. The van der Waals surface area contributed by atoms with Crippen molar-refractivity contribution in [1.82, 2.24) is 5.32 Å². The summed E-state index contributed by atoms with van der Waals surface area (Å²) in [4.78, 5) is 23.1. The minimum Gasteiger partial charge on any atom is -0.478 e. The summed E-state index contributed by atoms with van der Waals surface area (Å²) in [6.45, 7) is 1.85. The number of amides is 1. The number of aromatic carboxylic acids is 1. The van der Waals surface area contributed by atoms with Crippen LogP contribution in [0.15, 0.2) is 18.2 Å². The van der Waals surface area contributed by atoms with E-state index in [0.29, 0.717) is 0 Å². The Hall–Kier alpha value is -1.20. The first-order chi connectivity index (χ1) is 8.47. The number of rotatable bonds is 5. The summed E-state index contributed by atoms with van der Waals surface area (Å²) >= 11 is 7.50. The first kappa shape index (κ1) is 14.9. The molecular formula is C12H14ClNO3S. The summed E-state index contributed by atoms with van der Waals surface area (Å²) in [5, 5.41) is 11.9. The zero-order valence-electron chi connectivity index (χ0n) is 10.1. The van der Waals surface area contributed by atoms with Crippen LogP contribution in [-0.2, 0) is 0 Å². The van der Waals surface area contributed by atoms with Crippen molar-refractivity contribution in [3.8, 4) is 0 Å². The zero-order valence-corrected chi connectivity index (χ0v) is 11.6. The average Bonchev–Trinajstić information content (AvgIpc) is 2.28. The molecule has 6 heteroatoms. The van der Waals surface area contributed by atoms with Gasteiger partial charge in [0.2, 0.25) is 0 Å². The third-order valence-electron chi connectivity index (χ3n) is 2.27. The molecule has 2 N–H and O–H groups in total. The third-order valence-corrected chi connectivity index (χ3v) is 3.41. The molecule has 1 amide bonds. The highest BCUT2D eigenvalue weighted by Crippen LogP contribution is 2.20. The third kappa shape index (κ3) is 3.65. The molecule has 0 aliphatic heterocycles. The summed E-state index contributed by atoms with van der Waals surface area (Å²) in [6, 6.07) is 4.32. The highest BCUT2D eigenvalue weighted by Gasteiger charge is 2.20. The van der Waals surface area contributed by atoms with Crippen LogP contribution < -0.4 is 5.32 Å². The van der Waals surface area contributed by atoms with E-state index in [9.17, 15) is 9.59 Å². The number of benzene rings is 1. The molecular weight excluding hydrogens is 274 g/mol. The van der Waals surface area contributed by atoms with Crippen LogP contribution in [0.4, 0.5) is 0 Å². The molecule has 0 aliphatic carbocycles. The second kappa shape index (κ2) is 6.66. The second-order valence-electron chi connectivity index (χ2n) is 3.80. The van der Waals surface area contributed by atoms with Gasteiger partial charge in [-0.3, -0.25) is 4.79 Å². The quantitative estimate of drug-likeness (QED) is 0.873. The molecule has 1 aromatic rings. The van der Waals surface area contributed by atoms with Crippen LogP contribution in [0.3, 0.4) is 0 Å². The molecule has 0 saturated carbocycles. The van der Waals surface area contributed by atoms with Gasteiger partial charge in [-0.1, -0.05) is 17.7 Å². The smallest absolute Gasteiger partial charge is 0.336 e. The van der Waals surface area contributed by atoms with Crippen molar-refractivity contribution < 1.29 is 14.7 Å². The summed E-state index contributed by atoms with van der Waals surface area (Å²) < 4.78 is 0. The number of carbonyl (C=O) groups excluding carboxylic acids is 1. The Morgan fingerprint density at radius 2 is 2.17 bits per heavy atom. The predicted octanol–water partition coefficient (Wildman–Crippen LogP) is 2.52. The molecule has 0 aliphatic rings. The molecule has 0 bridgehead atoms. The highest BCUT2D eigenvalue weighted by atomic mass is 35.5. The monoisotopic (exact) mass is 287 g/mol. The topological polar surface area (TPSA) is 66.4 Å². The Morgan fingerprint density at radius 3 is 2.72 bits per heavy atom. The number of hydrogen-bond acceptors (Lipinski definition) is 3. The molecule has 0 fully saturated rings. The van der Waals surface area contributed by atoms with E-state index in [1.807, 2.05) is 13.2 Å². The number of carboxylic acids is 1. The second-order valence-corrected chi connectivity index (χ2v) is 5.12. The van der Waals surface area contributed by atoms with Gasteiger partial charge in [0.25, 0.3) is 5.91 Å². The van der Waals surface area contributed by atoms with Crippen LogP contribution in [0, 0.1) is 0 Å². The molecule has 0 radical (unpaired) electrons. The average molecular weight is 288 g/mol. The molecule has 1 unspecified atom stereocenters. The molecule has 1 rings (SSSR count). The van der Waals surface area contributed by atoms with Gasteiger partial charge in [-0.05, 0) is 25.3 Å². The molecule has 18 heavy (non-hydrogen) atoms. The summed E-state index contributed by atoms with van der Waals surface area (Å²) in [5.41, 5.74) is -0.0732. The molecule has 0 heterocycles. The van der Waals surface area contributed by atoms with E-state index in [0.717, 1.165) is 5.75 Å². The van der Waals surface area contributed by atoms with E-state index in [1.54, 1.807) is 11.8 Å². The highest BCUT2D eigenvalue weighted by molar-refractivity contribution is 7.98. The van der Waals surface area contributed by atoms with Crippen LogP contribution in [0.5, 0.6) is 0 Å². The number of hydrogen-bond donors (Lipinski definition) is 2. The van der Waals surface area contributed by atoms with E-state index >= 15 is 0 Å². The van der Waals surface area contributed by atoms with Crippen molar-refractivity contribution in [1.29, 1.82) is 0 Å². The molecule has 98 valence electrons. The Bertz CT molecular complexity index is 465. The minimum absolute atomic E-state index is 0.0135. The normalized spacial score (nSPS) is 11.9. The van der Waals surface area contributed by atoms with Gasteiger partial charge in [0.05, 0.1) is 16.1 Å². The lowest BCUT2D eigenvalue weighted by molar-refractivity contribution is 0.0690. The summed E-state index contributed by atoms with van der Waals surface area (Å²) in [6.07, 6.45) is 1.93. The van der Waals surface area contributed by atoms with Crippen molar-refractivity contribution in [2.75, 3.05) is 12.0 Å². The van der Waals surface area contributed by atoms with Gasteiger partial charge in [0, 0.05) is 11.8 Å². The Balaban J connectivity index is 3.01. The number of thioether (sulfide) groups is 1. The Morgan fingerprint density at radius 1 is 1.50 bits per heavy atom. The maximum atomic E-state index is 12.0. The first-order valence-electron chi connectivity index (χ1n) is 5.29. The van der Waals surface area contributed by atoms with Gasteiger partial charge >= 0.3 is 5.97 Å². The van der Waals surface area contributed by atoms with Crippen molar-refractivity contribution in [2.45, 2.75) is 13.0 Å². The fourth-order valence-electron chi connectivity index (χ4n) is 1.52. The zero-order chi connectivity index (χ0) is 13.7. The van der Waals surface area contributed by atoms with Gasteiger partial charge in [0.1, 0.15) is 0 Å². The number of halogens is 1. The van der Waals surface area contributed by atoms with Crippen LogP contribution in [-0.4, -0.2) is 35.0 Å². The Kier molecular flexibility index (Phi) is 5.50. The van der Waals surface area contributed by atoms with E-state index in [-0.39, 0.29) is 22.2 Å². The van der Waals surface area contributed by atoms with Gasteiger partial charge in [-0.25, -0.2) is 4.79 Å². The van der Waals surface area contributed by atoms with Gasteiger partial charge in [-0.2, -0.15) is 11.8 Å². The molecule has 0 aromatic heterocycles. The van der Waals surface area contributed by atoms with Crippen LogP contribution in [0.2, 0.25) is 5.02 Å². The van der Waals surface area contributed by atoms with E-state index < -0.39 is 11.9 Å². The van der Waals surface area contributed by atoms with Gasteiger partial charge in [0.15, 0.2) is 0 Å². The fraction of sp³-hybridized carbons (Fsp3) is 0.333. The molecule has 1 atom stereocenters. The maximum Gasteiger partial charge on any atom is 0.336 e. The summed E-state index contributed by atoms with van der Waals surface area (Å²) in [7, 11) is 0. The number of carboxylic acid groups (broad SMARTS) is 1. The van der Waals surface area contributed by atoms with Crippen LogP contribution in [0.25, 0.3) is 0 Å². The van der Waals surface area contributed by atoms with E-state index in [1.165, 1.54) is 18.2 Å². The van der Waals surface area contributed by atoms with Crippen molar-refractivity contribution in [3.05, 3.63) is 34.3 Å². The molecule has 0 saturated heterocycles. The van der Waals surface area contributed by atoms with Crippen LogP contribution in [0.1, 0.15) is 27.6 Å². The standard InChI is InChI=1S/C12H14ClNO3S/c1-7(6-18-2)14-11(15)10-8(12(16)17)4-3-5-9(10)13/h3-5,7H,6H2,1-2H3,(H,14,15)(H,16,17). The predicted molar refractivity (Wildman–Crippen MR) is 73.7 cm³/mol. The lowest BCUT2D eigenvalue weighted by Gasteiger charge is -2.14. The lowest BCUT2D eigenvalue weighted by Crippen LogP contribution is -2.35. The van der Waals surface area contributed by atoms with E-state index in [2.05, 4.69) is 5.32 Å². The minimum atomic E-state index is -1.17. The fourth-order valence-corrected chi connectivity index (χ4v) is 2.36. The van der Waals surface area contributed by atoms with Gasteiger partial charge < -0.3 is 10.4 Å². The SMILES string of the molecule is CSCC(C)NC(=O)c1c(Cl)cccc1C(=O)O. The van der Waals surface area contributed by atoms with Gasteiger partial charge in [-0.15, -0.1) is 0 Å². The van der Waals surface area contributed by atoms with Crippen LogP contribution >= 0.6 is 23.4 Å². The maximum absolute atomic E-state index is 12.0. The first-order valence-corrected chi connectivity index (χ1v) is 7.06. The van der Waals surface area contributed by atoms with Crippen molar-refractivity contribution >= 4 is 35.2 Å². The van der Waals surface area contributed by atoms with Crippen molar-refractivity contribution in [3.63, 3.8) is 0 Å². The van der Waals surface area contributed by atoms with E-state index in [4.69, 9.17) is 16.7 Å². The number of carbonyl (C=O) groups is 2. The largest absolute Gasteiger partial charge is 0.478 e.